The molecule has 11 heavy (non-hydrogen) atoms. The van der Waals surface area contributed by atoms with Crippen molar-refractivity contribution < 1.29 is 0 Å². The molecule has 0 unspecified atom stereocenters. The first kappa shape index (κ1) is 9.05. The standard InChI is InChI=1S/C10H21N/c1-4-10(2,3)9-11-7-5-6-8-11/h4-9H2,1-3H3. The summed E-state index contributed by atoms with van der Waals surface area (Å²) in [6.45, 7) is 11.0. The van der Waals surface area contributed by atoms with E-state index in [9.17, 15) is 0 Å². The van der Waals surface area contributed by atoms with E-state index in [0.29, 0.717) is 5.41 Å². The quantitative estimate of drug-likeness (QED) is 0.605. The van der Waals surface area contributed by atoms with E-state index in [2.05, 4.69) is 25.7 Å². The van der Waals surface area contributed by atoms with Crippen LogP contribution in [0.3, 0.4) is 0 Å². The van der Waals surface area contributed by atoms with Gasteiger partial charge in [-0.3, -0.25) is 0 Å². The third-order valence-corrected chi connectivity index (χ3v) is 2.81. The molecule has 0 bridgehead atoms. The SMILES string of the molecule is CCC(C)(C)CN1CCCC1. The first-order valence-electron chi connectivity index (χ1n) is 4.86. The van der Waals surface area contributed by atoms with Gasteiger partial charge in [-0.2, -0.15) is 0 Å². The van der Waals surface area contributed by atoms with Gasteiger partial charge < -0.3 is 4.90 Å². The molecule has 0 spiro atoms. The van der Waals surface area contributed by atoms with E-state index >= 15 is 0 Å². The fourth-order valence-electron chi connectivity index (χ4n) is 1.66. The molecule has 0 aliphatic carbocycles. The van der Waals surface area contributed by atoms with E-state index in [1.54, 1.807) is 0 Å². The lowest BCUT2D eigenvalue weighted by Crippen LogP contribution is -2.31. The van der Waals surface area contributed by atoms with Crippen molar-refractivity contribution in [3.05, 3.63) is 0 Å². The van der Waals surface area contributed by atoms with Crippen LogP contribution in [0.25, 0.3) is 0 Å². The zero-order valence-corrected chi connectivity index (χ0v) is 8.19. The highest BCUT2D eigenvalue weighted by atomic mass is 15.1. The molecular formula is C10H21N. The summed E-state index contributed by atoms with van der Waals surface area (Å²) in [5, 5.41) is 0. The maximum absolute atomic E-state index is 2.60. The molecule has 0 amide bonds. The number of hydrogen-bond acceptors (Lipinski definition) is 1. The van der Waals surface area contributed by atoms with E-state index in [0.717, 1.165) is 0 Å². The lowest BCUT2D eigenvalue weighted by atomic mass is 9.90. The maximum atomic E-state index is 2.60. The summed E-state index contributed by atoms with van der Waals surface area (Å²) in [7, 11) is 0. The van der Waals surface area contributed by atoms with Gasteiger partial charge in [0.25, 0.3) is 0 Å². The molecule has 1 saturated heterocycles. The Morgan fingerprint density at radius 2 is 1.73 bits per heavy atom. The molecule has 1 heteroatoms. The van der Waals surface area contributed by atoms with E-state index in [1.807, 2.05) is 0 Å². The zero-order valence-electron chi connectivity index (χ0n) is 8.19. The Labute approximate surface area is 70.8 Å². The van der Waals surface area contributed by atoms with Crippen molar-refractivity contribution in [3.63, 3.8) is 0 Å². The van der Waals surface area contributed by atoms with Gasteiger partial charge in [0.1, 0.15) is 0 Å². The van der Waals surface area contributed by atoms with Gasteiger partial charge >= 0.3 is 0 Å². The van der Waals surface area contributed by atoms with Crippen molar-refractivity contribution in [3.8, 4) is 0 Å². The molecule has 0 saturated carbocycles. The highest BCUT2D eigenvalue weighted by Crippen LogP contribution is 2.23. The van der Waals surface area contributed by atoms with Gasteiger partial charge in [0, 0.05) is 6.54 Å². The maximum Gasteiger partial charge on any atom is 0.00326 e. The molecule has 0 radical (unpaired) electrons. The summed E-state index contributed by atoms with van der Waals surface area (Å²) < 4.78 is 0. The smallest absolute Gasteiger partial charge is 0.00326 e. The number of nitrogens with zero attached hydrogens (tertiary/aromatic N) is 1. The summed E-state index contributed by atoms with van der Waals surface area (Å²) in [5.74, 6) is 0. The highest BCUT2D eigenvalue weighted by Gasteiger charge is 2.21. The van der Waals surface area contributed by atoms with Crippen LogP contribution >= 0.6 is 0 Å². The average molecular weight is 155 g/mol. The summed E-state index contributed by atoms with van der Waals surface area (Å²) >= 11 is 0. The Balaban J connectivity index is 2.28. The summed E-state index contributed by atoms with van der Waals surface area (Å²) in [5.41, 5.74) is 0.532. The van der Waals surface area contributed by atoms with Gasteiger partial charge in [-0.15, -0.1) is 0 Å². The average Bonchev–Trinajstić information content (AvgIpc) is 2.39. The molecule has 1 fully saturated rings. The Morgan fingerprint density at radius 1 is 1.18 bits per heavy atom. The molecule has 1 nitrogen and oxygen atoms in total. The van der Waals surface area contributed by atoms with Crippen molar-refractivity contribution in [2.75, 3.05) is 19.6 Å². The van der Waals surface area contributed by atoms with Gasteiger partial charge in [0.15, 0.2) is 0 Å². The molecule has 66 valence electrons. The minimum atomic E-state index is 0.532. The highest BCUT2D eigenvalue weighted by molar-refractivity contribution is 4.75. The number of likely N-dealkylation sites (tertiary alicyclic amines) is 1. The first-order valence-corrected chi connectivity index (χ1v) is 4.86. The van der Waals surface area contributed by atoms with Crippen LogP contribution in [0.2, 0.25) is 0 Å². The third-order valence-electron chi connectivity index (χ3n) is 2.81. The van der Waals surface area contributed by atoms with Gasteiger partial charge in [-0.25, -0.2) is 0 Å². The third kappa shape index (κ3) is 2.82. The molecule has 1 heterocycles. The predicted molar refractivity (Wildman–Crippen MR) is 49.7 cm³/mol. The van der Waals surface area contributed by atoms with Crippen molar-refractivity contribution in [2.45, 2.75) is 40.0 Å². The molecule has 0 aromatic rings. The monoisotopic (exact) mass is 155 g/mol. The van der Waals surface area contributed by atoms with E-state index < -0.39 is 0 Å². The molecule has 0 aromatic carbocycles. The Bertz CT molecular complexity index is 112. The minimum Gasteiger partial charge on any atom is -0.303 e. The van der Waals surface area contributed by atoms with Crippen LogP contribution in [-0.2, 0) is 0 Å². The van der Waals surface area contributed by atoms with Crippen LogP contribution in [0.5, 0.6) is 0 Å². The molecule has 1 rings (SSSR count). The topological polar surface area (TPSA) is 3.24 Å². The predicted octanol–water partition coefficient (Wildman–Crippen LogP) is 2.52. The number of rotatable bonds is 3. The van der Waals surface area contributed by atoms with Gasteiger partial charge in [-0.05, 0) is 37.8 Å². The molecule has 1 aliphatic heterocycles. The van der Waals surface area contributed by atoms with E-state index in [1.165, 1.54) is 38.9 Å². The zero-order chi connectivity index (χ0) is 8.32. The Morgan fingerprint density at radius 3 is 2.18 bits per heavy atom. The van der Waals surface area contributed by atoms with Crippen LogP contribution in [0.15, 0.2) is 0 Å². The van der Waals surface area contributed by atoms with Crippen molar-refractivity contribution in [2.24, 2.45) is 5.41 Å². The van der Waals surface area contributed by atoms with Crippen LogP contribution in [-0.4, -0.2) is 24.5 Å². The summed E-state index contributed by atoms with van der Waals surface area (Å²) in [4.78, 5) is 2.60. The second kappa shape index (κ2) is 3.57. The van der Waals surface area contributed by atoms with Crippen molar-refractivity contribution in [1.82, 2.24) is 4.90 Å². The molecule has 0 atom stereocenters. The van der Waals surface area contributed by atoms with Crippen LogP contribution < -0.4 is 0 Å². The van der Waals surface area contributed by atoms with Crippen molar-refractivity contribution >= 4 is 0 Å². The van der Waals surface area contributed by atoms with Gasteiger partial charge in [-0.1, -0.05) is 20.8 Å². The molecule has 1 aliphatic rings. The Hall–Kier alpha value is -0.0400. The van der Waals surface area contributed by atoms with E-state index in [-0.39, 0.29) is 0 Å². The van der Waals surface area contributed by atoms with Crippen LogP contribution in [0.1, 0.15) is 40.0 Å². The first-order chi connectivity index (χ1) is 5.14. The largest absolute Gasteiger partial charge is 0.303 e. The normalized spacial score (nSPS) is 21.0. The fourth-order valence-corrected chi connectivity index (χ4v) is 1.66. The van der Waals surface area contributed by atoms with Gasteiger partial charge in [0.05, 0.1) is 0 Å². The second-order valence-corrected chi connectivity index (χ2v) is 4.50. The van der Waals surface area contributed by atoms with Gasteiger partial charge in [0.2, 0.25) is 0 Å². The molecular weight excluding hydrogens is 134 g/mol. The lowest BCUT2D eigenvalue weighted by Gasteiger charge is -2.28. The second-order valence-electron chi connectivity index (χ2n) is 4.50. The molecule has 0 aromatic heterocycles. The van der Waals surface area contributed by atoms with Crippen LogP contribution in [0, 0.1) is 5.41 Å². The lowest BCUT2D eigenvalue weighted by molar-refractivity contribution is 0.204. The van der Waals surface area contributed by atoms with Crippen LogP contribution in [0.4, 0.5) is 0 Å². The minimum absolute atomic E-state index is 0.532. The number of hydrogen-bond donors (Lipinski definition) is 0. The fraction of sp³-hybridized carbons (Fsp3) is 1.00. The molecule has 0 N–H and O–H groups in total. The van der Waals surface area contributed by atoms with Crippen molar-refractivity contribution in [1.29, 1.82) is 0 Å². The van der Waals surface area contributed by atoms with E-state index in [4.69, 9.17) is 0 Å². The summed E-state index contributed by atoms with van der Waals surface area (Å²) in [6, 6.07) is 0. The summed E-state index contributed by atoms with van der Waals surface area (Å²) in [6.07, 6.45) is 4.13. The Kier molecular flexibility index (Phi) is 2.94.